The average Bonchev–Trinajstić information content (AvgIpc) is 3.65. The van der Waals surface area contributed by atoms with E-state index in [-0.39, 0.29) is 0 Å². The average molecular weight is 739 g/mol. The topological polar surface area (TPSA) is 8.17 Å². The molecule has 0 fully saturated rings. The Bertz CT molecular complexity index is 3280. The van der Waals surface area contributed by atoms with E-state index >= 15 is 0 Å². The molecule has 10 aromatic carbocycles. The fraction of sp³-hybridized carbons (Fsp3) is 0. The molecule has 11 rings (SSSR count). The third-order valence-electron chi connectivity index (χ3n) is 11.5. The van der Waals surface area contributed by atoms with Gasteiger partial charge in [0, 0.05) is 33.4 Å². The number of hydrogen-bond acceptors (Lipinski definition) is 1. The van der Waals surface area contributed by atoms with Crippen LogP contribution in [0.15, 0.2) is 231 Å². The van der Waals surface area contributed by atoms with E-state index in [9.17, 15) is 0 Å². The van der Waals surface area contributed by atoms with Crippen LogP contribution in [0.1, 0.15) is 0 Å². The van der Waals surface area contributed by atoms with Gasteiger partial charge < -0.3 is 9.47 Å². The molecular weight excluding hydrogens is 701 g/mol. The second kappa shape index (κ2) is 14.1. The predicted molar refractivity (Wildman–Crippen MR) is 247 cm³/mol. The maximum absolute atomic E-state index is 2.43. The van der Waals surface area contributed by atoms with Crippen LogP contribution in [0.25, 0.3) is 82.4 Å². The highest BCUT2D eigenvalue weighted by molar-refractivity contribution is 6.21. The number of hydrogen-bond donors (Lipinski definition) is 0. The monoisotopic (exact) mass is 738 g/mol. The fourth-order valence-corrected chi connectivity index (χ4v) is 8.80. The van der Waals surface area contributed by atoms with Crippen LogP contribution in [0, 0.1) is 0 Å². The smallest absolute Gasteiger partial charge is 0.0547 e. The van der Waals surface area contributed by atoms with Crippen molar-refractivity contribution in [2.45, 2.75) is 0 Å². The molecule has 0 saturated carbocycles. The molecule has 0 spiro atoms. The minimum atomic E-state index is 1.09. The molecule has 2 nitrogen and oxygen atoms in total. The lowest BCUT2D eigenvalue weighted by molar-refractivity contribution is 1.18. The van der Waals surface area contributed by atoms with Gasteiger partial charge in [-0.25, -0.2) is 0 Å². The van der Waals surface area contributed by atoms with Crippen molar-refractivity contribution in [2.24, 2.45) is 0 Å². The zero-order valence-electron chi connectivity index (χ0n) is 31.8. The number of para-hydroxylation sites is 2. The van der Waals surface area contributed by atoms with Gasteiger partial charge in [0.05, 0.1) is 16.7 Å². The van der Waals surface area contributed by atoms with Crippen molar-refractivity contribution in [2.75, 3.05) is 4.90 Å². The van der Waals surface area contributed by atoms with Crippen molar-refractivity contribution in [1.82, 2.24) is 4.57 Å². The standard InChI is InChI=1S/C56H38N2/c1-2-14-39(15-3-1)44-19-12-21-48(37-44)57(47-33-30-41(31-34-47)45-29-28-40-16-4-5-18-43(40)36-45)53-26-10-8-23-50(53)46-20-13-22-49(38-46)58-54-27-11-9-25-52(54)56-51-24-7-6-17-42(51)32-35-55(56)58/h1-38H. The Balaban J connectivity index is 1.07. The Kier molecular flexibility index (Phi) is 8.19. The van der Waals surface area contributed by atoms with E-state index in [0.717, 1.165) is 33.9 Å². The van der Waals surface area contributed by atoms with Crippen molar-refractivity contribution < 1.29 is 0 Å². The van der Waals surface area contributed by atoms with Gasteiger partial charge in [0.2, 0.25) is 0 Å². The van der Waals surface area contributed by atoms with Crippen LogP contribution in [0.5, 0.6) is 0 Å². The molecule has 0 radical (unpaired) electrons. The summed E-state index contributed by atoms with van der Waals surface area (Å²) >= 11 is 0. The largest absolute Gasteiger partial charge is 0.310 e. The van der Waals surface area contributed by atoms with Gasteiger partial charge >= 0.3 is 0 Å². The third kappa shape index (κ3) is 5.82. The summed E-state index contributed by atoms with van der Waals surface area (Å²) in [5.74, 6) is 0. The lowest BCUT2D eigenvalue weighted by Crippen LogP contribution is -2.11. The number of anilines is 3. The molecule has 0 atom stereocenters. The van der Waals surface area contributed by atoms with Crippen LogP contribution in [-0.4, -0.2) is 4.57 Å². The third-order valence-corrected chi connectivity index (χ3v) is 11.5. The molecule has 0 unspecified atom stereocenters. The molecule has 2 heteroatoms. The summed E-state index contributed by atoms with van der Waals surface area (Å²) in [6, 6.07) is 83.7. The van der Waals surface area contributed by atoms with Crippen molar-refractivity contribution >= 4 is 60.4 Å². The number of rotatable bonds is 7. The summed E-state index contributed by atoms with van der Waals surface area (Å²) < 4.78 is 2.43. The van der Waals surface area contributed by atoms with Crippen LogP contribution in [0.4, 0.5) is 17.1 Å². The first-order valence-corrected chi connectivity index (χ1v) is 19.9. The second-order valence-corrected chi connectivity index (χ2v) is 15.0. The van der Waals surface area contributed by atoms with Crippen LogP contribution < -0.4 is 4.90 Å². The van der Waals surface area contributed by atoms with E-state index < -0.39 is 0 Å². The normalized spacial score (nSPS) is 11.4. The zero-order valence-corrected chi connectivity index (χ0v) is 31.8. The summed E-state index contributed by atoms with van der Waals surface area (Å²) in [5.41, 5.74) is 13.9. The molecule has 0 N–H and O–H groups in total. The van der Waals surface area contributed by atoms with E-state index in [4.69, 9.17) is 0 Å². The molecule has 0 aliphatic carbocycles. The zero-order chi connectivity index (χ0) is 38.4. The van der Waals surface area contributed by atoms with Crippen LogP contribution >= 0.6 is 0 Å². The van der Waals surface area contributed by atoms with Crippen LogP contribution in [-0.2, 0) is 0 Å². The van der Waals surface area contributed by atoms with Crippen LogP contribution in [0.2, 0.25) is 0 Å². The number of benzene rings is 10. The van der Waals surface area contributed by atoms with E-state index in [1.54, 1.807) is 0 Å². The van der Waals surface area contributed by atoms with Crippen molar-refractivity contribution in [3.8, 4) is 39.1 Å². The highest BCUT2D eigenvalue weighted by Crippen LogP contribution is 2.44. The predicted octanol–water partition coefficient (Wildman–Crippen LogP) is 15.6. The maximum atomic E-state index is 2.43. The Labute approximate surface area is 338 Å². The summed E-state index contributed by atoms with van der Waals surface area (Å²) in [6.07, 6.45) is 0. The molecule has 1 aromatic heterocycles. The van der Waals surface area contributed by atoms with Gasteiger partial charge in [-0.3, -0.25) is 0 Å². The quantitative estimate of drug-likeness (QED) is 0.158. The Morgan fingerprint density at radius 1 is 0.310 bits per heavy atom. The first-order chi connectivity index (χ1) is 28.8. The number of nitrogens with zero attached hydrogens (tertiary/aromatic N) is 2. The van der Waals surface area contributed by atoms with Gasteiger partial charge in [0.15, 0.2) is 0 Å². The lowest BCUT2D eigenvalue weighted by atomic mass is 9.99. The molecule has 0 saturated heterocycles. The lowest BCUT2D eigenvalue weighted by Gasteiger charge is -2.28. The van der Waals surface area contributed by atoms with E-state index in [0.29, 0.717) is 0 Å². The Morgan fingerprint density at radius 2 is 0.931 bits per heavy atom. The van der Waals surface area contributed by atoms with E-state index in [1.807, 2.05) is 0 Å². The molecule has 1 heterocycles. The summed E-state index contributed by atoms with van der Waals surface area (Å²) in [5, 5.41) is 7.57. The Morgan fingerprint density at radius 3 is 1.81 bits per heavy atom. The molecule has 0 bridgehead atoms. The first-order valence-electron chi connectivity index (χ1n) is 19.9. The maximum Gasteiger partial charge on any atom is 0.0547 e. The molecular formula is C56H38N2. The minimum Gasteiger partial charge on any atom is -0.310 e. The van der Waals surface area contributed by atoms with Crippen LogP contribution in [0.3, 0.4) is 0 Å². The summed E-state index contributed by atoms with van der Waals surface area (Å²) in [4.78, 5) is 2.41. The molecule has 0 aliphatic heterocycles. The van der Waals surface area contributed by atoms with Crippen molar-refractivity contribution in [3.05, 3.63) is 231 Å². The number of fused-ring (bicyclic) bond motifs is 6. The van der Waals surface area contributed by atoms with Gasteiger partial charge in [-0.1, -0.05) is 170 Å². The van der Waals surface area contributed by atoms with Crippen molar-refractivity contribution in [3.63, 3.8) is 0 Å². The van der Waals surface area contributed by atoms with Gasteiger partial charge in [-0.2, -0.15) is 0 Å². The molecule has 0 aliphatic rings. The SMILES string of the molecule is c1ccc(-c2cccc(N(c3ccc(-c4ccc5ccccc5c4)cc3)c3ccccc3-c3cccc(-n4c5ccccc5c5c6ccccc6ccc54)c3)c2)cc1. The first kappa shape index (κ1) is 33.6. The summed E-state index contributed by atoms with van der Waals surface area (Å²) in [6.45, 7) is 0. The van der Waals surface area contributed by atoms with Crippen molar-refractivity contribution in [1.29, 1.82) is 0 Å². The highest BCUT2D eigenvalue weighted by Gasteiger charge is 2.20. The minimum absolute atomic E-state index is 1.09. The van der Waals surface area contributed by atoms with Gasteiger partial charge in [0.25, 0.3) is 0 Å². The molecule has 11 aromatic rings. The molecule has 58 heavy (non-hydrogen) atoms. The molecule has 0 amide bonds. The Hall–Kier alpha value is -7.68. The second-order valence-electron chi connectivity index (χ2n) is 15.0. The van der Waals surface area contributed by atoms with Gasteiger partial charge in [0.1, 0.15) is 0 Å². The van der Waals surface area contributed by atoms with Gasteiger partial charge in [-0.15, -0.1) is 0 Å². The fourth-order valence-electron chi connectivity index (χ4n) is 8.80. The molecule has 272 valence electrons. The highest BCUT2D eigenvalue weighted by atomic mass is 15.1. The van der Waals surface area contributed by atoms with Gasteiger partial charge in [-0.05, 0) is 110 Å². The van der Waals surface area contributed by atoms with E-state index in [2.05, 4.69) is 240 Å². The number of aromatic nitrogens is 1. The van der Waals surface area contributed by atoms with E-state index in [1.165, 1.54) is 65.6 Å². The summed E-state index contributed by atoms with van der Waals surface area (Å²) in [7, 11) is 0.